The van der Waals surface area contributed by atoms with Gasteiger partial charge in [-0.2, -0.15) is 0 Å². The summed E-state index contributed by atoms with van der Waals surface area (Å²) in [5.74, 6) is 0. The molecule has 0 aliphatic heterocycles. The summed E-state index contributed by atoms with van der Waals surface area (Å²) in [7, 11) is 0. The van der Waals surface area contributed by atoms with Crippen LogP contribution in [0.15, 0.2) is 0 Å². The van der Waals surface area contributed by atoms with Crippen LogP contribution in [0.25, 0.3) is 0 Å². The number of amides is 1. The number of unbranched alkanes of at least 4 members (excludes halogenated alkanes) is 8. The second-order valence-electron chi connectivity index (χ2n) is 6.07. The molecular weight excluding hydrogens is 250 g/mol. The van der Waals surface area contributed by atoms with E-state index in [4.69, 9.17) is 4.74 Å². The first kappa shape index (κ1) is 17.3. The third-order valence-corrected chi connectivity index (χ3v) is 4.13. The van der Waals surface area contributed by atoms with E-state index in [1.807, 2.05) is 0 Å². The van der Waals surface area contributed by atoms with Crippen LogP contribution in [0.5, 0.6) is 0 Å². The number of hydrogen-bond acceptors (Lipinski definition) is 2. The van der Waals surface area contributed by atoms with Gasteiger partial charge in [0.15, 0.2) is 0 Å². The highest BCUT2D eigenvalue weighted by atomic mass is 16.6. The molecule has 0 atom stereocenters. The second-order valence-corrected chi connectivity index (χ2v) is 6.07. The highest BCUT2D eigenvalue weighted by Crippen LogP contribution is 2.20. The molecule has 3 nitrogen and oxygen atoms in total. The van der Waals surface area contributed by atoms with Crippen LogP contribution in [-0.4, -0.2) is 18.7 Å². The molecule has 0 bridgehead atoms. The second kappa shape index (κ2) is 12.0. The van der Waals surface area contributed by atoms with E-state index in [-0.39, 0.29) is 12.2 Å². The van der Waals surface area contributed by atoms with Gasteiger partial charge < -0.3 is 10.1 Å². The molecule has 20 heavy (non-hydrogen) atoms. The van der Waals surface area contributed by atoms with Crippen molar-refractivity contribution in [2.45, 2.75) is 96.5 Å². The lowest BCUT2D eigenvalue weighted by molar-refractivity contribution is 0.101. The molecule has 0 unspecified atom stereocenters. The smallest absolute Gasteiger partial charge is 0.407 e. The Hall–Kier alpha value is -0.730. The normalized spacial score (nSPS) is 15.4. The standard InChI is InChI=1S/C17H33NO2/c1-2-3-4-5-6-7-8-9-12-15-18-17(19)20-16-13-10-11-14-16/h16H,2-15H2,1H3,(H,18,19). The summed E-state index contributed by atoms with van der Waals surface area (Å²) in [6, 6.07) is 0. The predicted molar refractivity (Wildman–Crippen MR) is 84.0 cm³/mol. The molecule has 3 heteroatoms. The molecule has 0 heterocycles. The van der Waals surface area contributed by atoms with E-state index in [0.717, 1.165) is 25.8 Å². The zero-order valence-corrected chi connectivity index (χ0v) is 13.3. The van der Waals surface area contributed by atoms with Gasteiger partial charge in [0, 0.05) is 6.54 Å². The summed E-state index contributed by atoms with van der Waals surface area (Å²) in [6.45, 7) is 3.02. The SMILES string of the molecule is CCCCCCCCCCCNC(=O)OC1CCCC1. The fourth-order valence-corrected chi connectivity index (χ4v) is 2.83. The number of hydrogen-bond donors (Lipinski definition) is 1. The Labute approximate surface area is 124 Å². The Morgan fingerprint density at radius 1 is 0.950 bits per heavy atom. The number of rotatable bonds is 11. The summed E-state index contributed by atoms with van der Waals surface area (Å²) in [5, 5.41) is 2.87. The summed E-state index contributed by atoms with van der Waals surface area (Å²) in [6.07, 6.45) is 16.3. The molecule has 0 aromatic heterocycles. The maximum Gasteiger partial charge on any atom is 0.407 e. The van der Waals surface area contributed by atoms with Gasteiger partial charge in [0.05, 0.1) is 0 Å². The summed E-state index contributed by atoms with van der Waals surface area (Å²) in [5.41, 5.74) is 0. The van der Waals surface area contributed by atoms with Gasteiger partial charge in [-0.25, -0.2) is 4.79 Å². The van der Waals surface area contributed by atoms with Crippen molar-refractivity contribution in [3.05, 3.63) is 0 Å². The highest BCUT2D eigenvalue weighted by Gasteiger charge is 2.18. The molecule has 0 radical (unpaired) electrons. The average Bonchev–Trinajstić information content (AvgIpc) is 2.93. The van der Waals surface area contributed by atoms with Crippen LogP contribution in [0.3, 0.4) is 0 Å². The van der Waals surface area contributed by atoms with E-state index in [9.17, 15) is 4.79 Å². The van der Waals surface area contributed by atoms with Crippen molar-refractivity contribution in [3.8, 4) is 0 Å². The van der Waals surface area contributed by atoms with Crippen molar-refractivity contribution in [2.24, 2.45) is 0 Å². The topological polar surface area (TPSA) is 38.3 Å². The maximum absolute atomic E-state index is 11.5. The van der Waals surface area contributed by atoms with E-state index in [2.05, 4.69) is 12.2 Å². The molecule has 1 N–H and O–H groups in total. The van der Waals surface area contributed by atoms with Gasteiger partial charge >= 0.3 is 6.09 Å². The molecule has 1 fully saturated rings. The zero-order chi connectivity index (χ0) is 14.5. The Morgan fingerprint density at radius 3 is 2.10 bits per heavy atom. The fraction of sp³-hybridized carbons (Fsp3) is 0.941. The van der Waals surface area contributed by atoms with E-state index >= 15 is 0 Å². The number of carbonyl (C=O) groups excluding carboxylic acids is 1. The molecule has 1 amide bonds. The first-order chi connectivity index (χ1) is 9.83. The van der Waals surface area contributed by atoms with Crippen molar-refractivity contribution in [1.29, 1.82) is 0 Å². The van der Waals surface area contributed by atoms with Crippen LogP contribution in [0.2, 0.25) is 0 Å². The molecule has 0 aromatic rings. The van der Waals surface area contributed by atoms with Crippen molar-refractivity contribution < 1.29 is 9.53 Å². The molecule has 0 aromatic carbocycles. The molecule has 1 aliphatic carbocycles. The molecule has 1 saturated carbocycles. The van der Waals surface area contributed by atoms with Crippen LogP contribution in [-0.2, 0) is 4.74 Å². The molecule has 118 valence electrons. The molecule has 1 rings (SSSR count). The molecule has 0 spiro atoms. The lowest BCUT2D eigenvalue weighted by Gasteiger charge is -2.12. The maximum atomic E-state index is 11.5. The molecule has 1 aliphatic rings. The fourth-order valence-electron chi connectivity index (χ4n) is 2.83. The van der Waals surface area contributed by atoms with Gasteiger partial charge in [0.2, 0.25) is 0 Å². The number of ether oxygens (including phenoxy) is 1. The van der Waals surface area contributed by atoms with Gasteiger partial charge in [-0.05, 0) is 32.1 Å². The van der Waals surface area contributed by atoms with Crippen molar-refractivity contribution in [3.63, 3.8) is 0 Å². The lowest BCUT2D eigenvalue weighted by atomic mass is 10.1. The van der Waals surface area contributed by atoms with Crippen LogP contribution in [0.1, 0.15) is 90.4 Å². The quantitative estimate of drug-likeness (QED) is 0.530. The van der Waals surface area contributed by atoms with Crippen LogP contribution < -0.4 is 5.32 Å². The van der Waals surface area contributed by atoms with Crippen LogP contribution in [0.4, 0.5) is 4.79 Å². The largest absolute Gasteiger partial charge is 0.446 e. The van der Waals surface area contributed by atoms with Crippen molar-refractivity contribution in [2.75, 3.05) is 6.54 Å². The van der Waals surface area contributed by atoms with Gasteiger partial charge in [-0.15, -0.1) is 0 Å². The minimum absolute atomic E-state index is 0.179. The van der Waals surface area contributed by atoms with Crippen molar-refractivity contribution in [1.82, 2.24) is 5.32 Å². The Morgan fingerprint density at radius 2 is 1.50 bits per heavy atom. The minimum atomic E-state index is -0.212. The van der Waals surface area contributed by atoms with E-state index in [1.54, 1.807) is 0 Å². The first-order valence-corrected chi connectivity index (χ1v) is 8.77. The summed E-state index contributed by atoms with van der Waals surface area (Å²) in [4.78, 5) is 11.5. The molecular formula is C17H33NO2. The molecule has 0 saturated heterocycles. The van der Waals surface area contributed by atoms with E-state index < -0.39 is 0 Å². The predicted octanol–water partition coefficient (Wildman–Crippen LogP) is 5.19. The lowest BCUT2D eigenvalue weighted by Crippen LogP contribution is -2.28. The van der Waals surface area contributed by atoms with Gasteiger partial charge in [-0.3, -0.25) is 0 Å². The monoisotopic (exact) mass is 283 g/mol. The first-order valence-electron chi connectivity index (χ1n) is 8.77. The van der Waals surface area contributed by atoms with Crippen LogP contribution in [0, 0.1) is 0 Å². The average molecular weight is 283 g/mol. The van der Waals surface area contributed by atoms with Gasteiger partial charge in [-0.1, -0.05) is 58.3 Å². The Kier molecular flexibility index (Phi) is 10.4. The van der Waals surface area contributed by atoms with Gasteiger partial charge in [0.25, 0.3) is 0 Å². The Bertz CT molecular complexity index is 237. The minimum Gasteiger partial charge on any atom is -0.446 e. The zero-order valence-electron chi connectivity index (χ0n) is 13.3. The van der Waals surface area contributed by atoms with E-state index in [1.165, 1.54) is 64.2 Å². The van der Waals surface area contributed by atoms with Gasteiger partial charge in [0.1, 0.15) is 6.10 Å². The Balaban J connectivity index is 1.78. The number of alkyl carbamates (subject to hydrolysis) is 1. The number of carbonyl (C=O) groups is 1. The number of nitrogens with one attached hydrogen (secondary N) is 1. The third-order valence-electron chi connectivity index (χ3n) is 4.13. The third kappa shape index (κ3) is 9.22. The van der Waals surface area contributed by atoms with Crippen molar-refractivity contribution >= 4 is 6.09 Å². The summed E-state index contributed by atoms with van der Waals surface area (Å²) >= 11 is 0. The highest BCUT2D eigenvalue weighted by molar-refractivity contribution is 5.67. The van der Waals surface area contributed by atoms with Crippen LogP contribution >= 0.6 is 0 Å². The summed E-state index contributed by atoms with van der Waals surface area (Å²) < 4.78 is 5.34. The van der Waals surface area contributed by atoms with E-state index in [0.29, 0.717) is 0 Å².